The molecule has 0 amide bonds. The first-order chi connectivity index (χ1) is 4.09. The Morgan fingerprint density at radius 3 is 1.89 bits per heavy atom. The molecule has 0 aliphatic heterocycles. The highest BCUT2D eigenvalue weighted by Gasteiger charge is 2.03. The Morgan fingerprint density at radius 2 is 1.78 bits per heavy atom. The van der Waals surface area contributed by atoms with Crippen LogP contribution in [0.5, 0.6) is 0 Å². The van der Waals surface area contributed by atoms with Crippen molar-refractivity contribution in [1.82, 2.24) is 10.0 Å². The van der Waals surface area contributed by atoms with Crippen molar-refractivity contribution in [3.05, 3.63) is 0 Å². The molecular weight excluding hydrogens is 114 g/mol. The van der Waals surface area contributed by atoms with Gasteiger partial charge in [-0.15, -0.1) is 0 Å². The highest BCUT2D eigenvalue weighted by molar-refractivity contribution is 5.48. The number of rotatable bonds is 3. The van der Waals surface area contributed by atoms with Crippen LogP contribution in [0.25, 0.3) is 0 Å². The van der Waals surface area contributed by atoms with Crippen LogP contribution in [-0.4, -0.2) is 36.5 Å². The Kier molecular flexibility index (Phi) is 3.24. The molecule has 0 bridgehead atoms. The lowest BCUT2D eigenvalue weighted by Crippen LogP contribution is -2.40. The van der Waals surface area contributed by atoms with Gasteiger partial charge in [-0.1, -0.05) is 0 Å². The van der Waals surface area contributed by atoms with Crippen LogP contribution in [0.4, 0.5) is 0 Å². The maximum atomic E-state index is 6.89. The van der Waals surface area contributed by atoms with Crippen molar-refractivity contribution in [2.75, 3.05) is 14.1 Å². The average molecular weight is 129 g/mol. The third-order valence-corrected chi connectivity index (χ3v) is 1.43. The van der Waals surface area contributed by atoms with Gasteiger partial charge >= 0.3 is 0 Å². The van der Waals surface area contributed by atoms with E-state index >= 15 is 0 Å². The molecule has 0 atom stereocenters. The number of nitrogens with one attached hydrogen (secondary N) is 1. The van der Waals surface area contributed by atoms with E-state index in [1.165, 1.54) is 6.34 Å². The molecule has 54 valence electrons. The number of hydrazine groups is 1. The van der Waals surface area contributed by atoms with Crippen LogP contribution >= 0.6 is 0 Å². The maximum Gasteiger partial charge on any atom is 0.0959 e. The molecule has 0 radical (unpaired) electrons. The summed E-state index contributed by atoms with van der Waals surface area (Å²) in [5, 5.41) is 10.6. The molecule has 0 aromatic carbocycles. The van der Waals surface area contributed by atoms with Crippen LogP contribution in [0.3, 0.4) is 0 Å². The molecule has 0 fully saturated rings. The van der Waals surface area contributed by atoms with Gasteiger partial charge in [0.2, 0.25) is 0 Å². The molecular formula is C6H15N3. The molecule has 1 N–H and O–H groups in total. The summed E-state index contributed by atoms with van der Waals surface area (Å²) in [6.45, 7) is 4.17. The summed E-state index contributed by atoms with van der Waals surface area (Å²) in [4.78, 5) is 0. The van der Waals surface area contributed by atoms with E-state index in [1.807, 2.05) is 19.1 Å². The summed E-state index contributed by atoms with van der Waals surface area (Å²) >= 11 is 0. The molecule has 0 aromatic heterocycles. The fourth-order valence-corrected chi connectivity index (χ4v) is 0.455. The normalized spacial score (nSPS) is 10.4. The van der Waals surface area contributed by atoms with Gasteiger partial charge in [-0.2, -0.15) is 0 Å². The minimum Gasteiger partial charge on any atom is -0.299 e. The summed E-state index contributed by atoms with van der Waals surface area (Å²) in [6.07, 6.45) is 1.29. The molecule has 0 rings (SSSR count). The predicted molar refractivity (Wildman–Crippen MR) is 39.4 cm³/mol. The first-order valence-corrected chi connectivity index (χ1v) is 3.05. The Bertz CT molecular complexity index is 90.3. The van der Waals surface area contributed by atoms with Crippen LogP contribution < -0.4 is 0 Å². The van der Waals surface area contributed by atoms with Crippen LogP contribution in [0, 0.1) is 5.41 Å². The monoisotopic (exact) mass is 129 g/mol. The van der Waals surface area contributed by atoms with Gasteiger partial charge in [-0.25, -0.2) is 5.01 Å². The number of hydrogen-bond donors (Lipinski definition) is 1. The molecule has 9 heavy (non-hydrogen) atoms. The topological polar surface area (TPSA) is 30.3 Å². The smallest absolute Gasteiger partial charge is 0.0959 e. The summed E-state index contributed by atoms with van der Waals surface area (Å²) in [5.74, 6) is 0. The minimum atomic E-state index is 0.455. The van der Waals surface area contributed by atoms with E-state index in [1.54, 1.807) is 5.01 Å². The molecule has 3 nitrogen and oxygen atoms in total. The second kappa shape index (κ2) is 3.45. The van der Waals surface area contributed by atoms with Gasteiger partial charge in [0.15, 0.2) is 0 Å². The van der Waals surface area contributed by atoms with E-state index in [9.17, 15) is 0 Å². The molecule has 3 heteroatoms. The van der Waals surface area contributed by atoms with E-state index < -0.39 is 0 Å². The van der Waals surface area contributed by atoms with Crippen molar-refractivity contribution in [2.45, 2.75) is 19.9 Å². The largest absolute Gasteiger partial charge is 0.299 e. The predicted octanol–water partition coefficient (Wildman–Crippen LogP) is 0.780. The third-order valence-electron chi connectivity index (χ3n) is 1.43. The average Bonchev–Trinajstić information content (AvgIpc) is 1.84. The van der Waals surface area contributed by atoms with Crippen LogP contribution in [0.15, 0.2) is 0 Å². The summed E-state index contributed by atoms with van der Waals surface area (Å²) < 4.78 is 0. The lowest BCUT2D eigenvalue weighted by atomic mass is 10.4. The minimum absolute atomic E-state index is 0.455. The molecule has 0 spiro atoms. The number of hydrogen-bond acceptors (Lipinski definition) is 2. The van der Waals surface area contributed by atoms with Crippen LogP contribution in [0.1, 0.15) is 13.8 Å². The fourth-order valence-electron chi connectivity index (χ4n) is 0.455. The van der Waals surface area contributed by atoms with Crippen molar-refractivity contribution >= 4 is 6.34 Å². The lowest BCUT2D eigenvalue weighted by molar-refractivity contribution is 0.0734. The van der Waals surface area contributed by atoms with Gasteiger partial charge in [-0.05, 0) is 13.8 Å². The Hall–Kier alpha value is -0.570. The molecule has 0 saturated heterocycles. The molecule has 0 unspecified atom stereocenters. The molecule has 0 heterocycles. The number of nitrogens with zero attached hydrogens (tertiary/aromatic N) is 2. The van der Waals surface area contributed by atoms with Crippen molar-refractivity contribution in [1.29, 1.82) is 5.41 Å². The van der Waals surface area contributed by atoms with E-state index in [0.29, 0.717) is 6.04 Å². The highest BCUT2D eigenvalue weighted by atomic mass is 15.6. The second-order valence-electron chi connectivity index (χ2n) is 2.37. The first kappa shape index (κ1) is 8.43. The van der Waals surface area contributed by atoms with Gasteiger partial charge < -0.3 is 0 Å². The van der Waals surface area contributed by atoms with Gasteiger partial charge in [0, 0.05) is 20.1 Å². The van der Waals surface area contributed by atoms with Gasteiger partial charge in [0.05, 0.1) is 6.34 Å². The standard InChI is InChI=1S/C6H15N3/c1-6(2)9(4)8(3)5-7/h5-7H,1-4H3. The zero-order valence-corrected chi connectivity index (χ0v) is 6.55. The van der Waals surface area contributed by atoms with Crippen molar-refractivity contribution < 1.29 is 0 Å². The molecule has 0 aliphatic rings. The van der Waals surface area contributed by atoms with Gasteiger partial charge in [0.25, 0.3) is 0 Å². The summed E-state index contributed by atoms with van der Waals surface area (Å²) in [5.41, 5.74) is 0. The Balaban J connectivity index is 3.71. The summed E-state index contributed by atoms with van der Waals surface area (Å²) in [7, 11) is 3.81. The molecule has 0 saturated carbocycles. The molecule has 0 aromatic rings. The van der Waals surface area contributed by atoms with Crippen molar-refractivity contribution in [3.63, 3.8) is 0 Å². The maximum absolute atomic E-state index is 6.89. The highest BCUT2D eigenvalue weighted by Crippen LogP contribution is 1.93. The zero-order valence-electron chi connectivity index (χ0n) is 6.55. The van der Waals surface area contributed by atoms with E-state index in [4.69, 9.17) is 5.41 Å². The Labute approximate surface area is 56.7 Å². The third kappa shape index (κ3) is 2.46. The molecule has 0 aliphatic carbocycles. The van der Waals surface area contributed by atoms with Crippen LogP contribution in [0.2, 0.25) is 0 Å². The van der Waals surface area contributed by atoms with Crippen molar-refractivity contribution in [2.24, 2.45) is 0 Å². The van der Waals surface area contributed by atoms with Gasteiger partial charge in [-0.3, -0.25) is 10.4 Å². The lowest BCUT2D eigenvalue weighted by Gasteiger charge is -2.28. The van der Waals surface area contributed by atoms with Crippen molar-refractivity contribution in [3.8, 4) is 0 Å². The first-order valence-electron chi connectivity index (χ1n) is 3.05. The van der Waals surface area contributed by atoms with Crippen LogP contribution in [-0.2, 0) is 0 Å². The summed E-state index contributed by atoms with van der Waals surface area (Å²) in [6, 6.07) is 0.455. The zero-order chi connectivity index (χ0) is 7.44. The second-order valence-corrected chi connectivity index (χ2v) is 2.37. The van der Waals surface area contributed by atoms with E-state index in [0.717, 1.165) is 0 Å². The van der Waals surface area contributed by atoms with E-state index in [2.05, 4.69) is 13.8 Å². The quantitative estimate of drug-likeness (QED) is 0.347. The van der Waals surface area contributed by atoms with Gasteiger partial charge in [0.1, 0.15) is 0 Å². The fraction of sp³-hybridized carbons (Fsp3) is 0.833. The SMILES string of the molecule is CC(C)N(C)N(C)C=N. The van der Waals surface area contributed by atoms with E-state index in [-0.39, 0.29) is 0 Å². The Morgan fingerprint density at radius 1 is 1.33 bits per heavy atom.